The van der Waals surface area contributed by atoms with E-state index in [0.29, 0.717) is 11.8 Å². The van der Waals surface area contributed by atoms with E-state index in [9.17, 15) is 9.59 Å². The van der Waals surface area contributed by atoms with Crippen LogP contribution in [0.3, 0.4) is 0 Å². The minimum absolute atomic E-state index is 0.00990. The summed E-state index contributed by atoms with van der Waals surface area (Å²) in [6.45, 7) is 4.08. The Hall–Kier alpha value is -0.750. The Labute approximate surface area is 124 Å². The van der Waals surface area contributed by atoms with Crippen LogP contribution in [-0.4, -0.2) is 70.5 Å². The number of carboxylic acids is 1. The normalized spacial score (nSPS) is 21.9. The summed E-state index contributed by atoms with van der Waals surface area (Å²) in [5.74, 6) is -0.462. The maximum Gasteiger partial charge on any atom is 0.313 e. The molecule has 1 amide bonds. The molecule has 0 unspecified atom stereocenters. The van der Waals surface area contributed by atoms with Crippen molar-refractivity contribution < 1.29 is 14.7 Å². The Morgan fingerprint density at radius 2 is 1.65 bits per heavy atom. The highest BCUT2D eigenvalue weighted by atomic mass is 32.2. The monoisotopic (exact) mass is 300 g/mol. The Morgan fingerprint density at radius 1 is 1.00 bits per heavy atom. The number of rotatable bonds is 5. The molecular formula is C14H24N2O3S. The van der Waals surface area contributed by atoms with E-state index in [1.165, 1.54) is 44.1 Å². The first kappa shape index (κ1) is 15.6. The van der Waals surface area contributed by atoms with Crippen molar-refractivity contribution in [3.8, 4) is 0 Å². The number of carboxylic acid groups (broad SMARTS) is 1. The number of thioether (sulfide) groups is 1. The third-order valence-corrected chi connectivity index (χ3v) is 5.08. The highest BCUT2D eigenvalue weighted by molar-refractivity contribution is 8.00. The first-order chi connectivity index (χ1) is 9.66. The van der Waals surface area contributed by atoms with Crippen LogP contribution in [0.15, 0.2) is 0 Å². The van der Waals surface area contributed by atoms with Crippen LogP contribution in [0.2, 0.25) is 0 Å². The third-order valence-electron chi connectivity index (χ3n) is 4.18. The molecule has 114 valence electrons. The molecule has 0 aromatic rings. The Kier molecular flexibility index (Phi) is 6.16. The lowest BCUT2D eigenvalue weighted by molar-refractivity contribution is -0.133. The predicted octanol–water partition coefficient (Wildman–Crippen LogP) is 1.28. The molecule has 0 aliphatic carbocycles. The molecular weight excluding hydrogens is 276 g/mol. The van der Waals surface area contributed by atoms with Crippen LogP contribution in [0, 0.1) is 0 Å². The summed E-state index contributed by atoms with van der Waals surface area (Å²) in [4.78, 5) is 26.9. The number of carbonyl (C=O) groups excluding carboxylic acids is 1. The summed E-state index contributed by atoms with van der Waals surface area (Å²) < 4.78 is 0. The lowest BCUT2D eigenvalue weighted by Crippen LogP contribution is -2.48. The van der Waals surface area contributed by atoms with Crippen LogP contribution in [-0.2, 0) is 9.59 Å². The van der Waals surface area contributed by atoms with E-state index in [4.69, 9.17) is 5.11 Å². The highest BCUT2D eigenvalue weighted by Gasteiger charge is 2.27. The predicted molar refractivity (Wildman–Crippen MR) is 80.0 cm³/mol. The van der Waals surface area contributed by atoms with Crippen LogP contribution in [0.5, 0.6) is 0 Å². The van der Waals surface area contributed by atoms with Gasteiger partial charge in [-0.15, -0.1) is 11.8 Å². The SMILES string of the molecule is O=C(O)CSCC(=O)N1CCC(N2CCCCC2)CC1. The third kappa shape index (κ3) is 4.66. The molecule has 1 N–H and O–H groups in total. The fraction of sp³-hybridized carbons (Fsp3) is 0.857. The standard InChI is InChI=1S/C14H24N2O3S/c17-13(10-20-11-14(18)19)16-8-4-12(5-9-16)15-6-2-1-3-7-15/h12H,1-11H2,(H,18,19). The van der Waals surface area contributed by atoms with E-state index >= 15 is 0 Å². The van der Waals surface area contributed by atoms with Crippen molar-refractivity contribution in [1.82, 2.24) is 9.80 Å². The van der Waals surface area contributed by atoms with Crippen molar-refractivity contribution in [1.29, 1.82) is 0 Å². The quantitative estimate of drug-likeness (QED) is 0.829. The minimum Gasteiger partial charge on any atom is -0.481 e. The smallest absolute Gasteiger partial charge is 0.313 e. The number of nitrogens with zero attached hydrogens (tertiary/aromatic N) is 2. The van der Waals surface area contributed by atoms with Gasteiger partial charge in [-0.25, -0.2) is 0 Å². The maximum atomic E-state index is 12.0. The van der Waals surface area contributed by atoms with Crippen LogP contribution < -0.4 is 0 Å². The Balaban J connectivity index is 1.67. The molecule has 0 bridgehead atoms. The Bertz CT molecular complexity index is 337. The zero-order chi connectivity index (χ0) is 14.4. The van der Waals surface area contributed by atoms with Crippen LogP contribution >= 0.6 is 11.8 Å². The summed E-state index contributed by atoms with van der Waals surface area (Å²) in [6, 6.07) is 0.644. The van der Waals surface area contributed by atoms with Crippen molar-refractivity contribution in [2.75, 3.05) is 37.7 Å². The van der Waals surface area contributed by atoms with Crippen molar-refractivity contribution in [3.63, 3.8) is 0 Å². The van der Waals surface area contributed by atoms with E-state index in [1.807, 2.05) is 4.90 Å². The van der Waals surface area contributed by atoms with Crippen molar-refractivity contribution in [2.24, 2.45) is 0 Å². The summed E-state index contributed by atoms with van der Waals surface area (Å²) in [7, 11) is 0. The lowest BCUT2D eigenvalue weighted by Gasteiger charge is -2.40. The van der Waals surface area contributed by atoms with E-state index < -0.39 is 5.97 Å². The average Bonchev–Trinajstić information content (AvgIpc) is 2.48. The molecule has 2 saturated heterocycles. The molecule has 20 heavy (non-hydrogen) atoms. The molecule has 0 atom stereocenters. The first-order valence-electron chi connectivity index (χ1n) is 7.48. The van der Waals surface area contributed by atoms with Crippen molar-refractivity contribution in [2.45, 2.75) is 38.1 Å². The molecule has 2 aliphatic heterocycles. The largest absolute Gasteiger partial charge is 0.481 e. The van der Waals surface area contributed by atoms with E-state index in [-0.39, 0.29) is 11.7 Å². The maximum absolute atomic E-state index is 12.0. The molecule has 0 aromatic carbocycles. The fourth-order valence-corrected chi connectivity index (χ4v) is 3.71. The highest BCUT2D eigenvalue weighted by Crippen LogP contribution is 2.21. The van der Waals surface area contributed by atoms with Gasteiger partial charge in [-0.1, -0.05) is 6.42 Å². The minimum atomic E-state index is -0.855. The van der Waals surface area contributed by atoms with Gasteiger partial charge in [0.2, 0.25) is 5.91 Å². The molecule has 6 heteroatoms. The molecule has 2 rings (SSSR count). The second-order valence-corrected chi connectivity index (χ2v) is 6.58. The van der Waals surface area contributed by atoms with Gasteiger partial charge >= 0.3 is 5.97 Å². The average molecular weight is 300 g/mol. The topological polar surface area (TPSA) is 60.9 Å². The number of carbonyl (C=O) groups is 2. The van der Waals surface area contributed by atoms with Gasteiger partial charge in [0.15, 0.2) is 0 Å². The van der Waals surface area contributed by atoms with Crippen molar-refractivity contribution in [3.05, 3.63) is 0 Å². The van der Waals surface area contributed by atoms with E-state index in [0.717, 1.165) is 25.9 Å². The molecule has 2 aliphatic rings. The second kappa shape index (κ2) is 7.88. The summed E-state index contributed by atoms with van der Waals surface area (Å²) in [5.41, 5.74) is 0. The summed E-state index contributed by atoms with van der Waals surface area (Å²) >= 11 is 1.19. The molecule has 2 fully saturated rings. The molecule has 0 aromatic heterocycles. The first-order valence-corrected chi connectivity index (χ1v) is 8.63. The van der Waals surface area contributed by atoms with Gasteiger partial charge in [0.05, 0.1) is 11.5 Å². The van der Waals surface area contributed by atoms with E-state index in [1.54, 1.807) is 0 Å². The number of hydrogen-bond donors (Lipinski definition) is 1. The van der Waals surface area contributed by atoms with Gasteiger partial charge in [-0.2, -0.15) is 0 Å². The van der Waals surface area contributed by atoms with Gasteiger partial charge in [0, 0.05) is 19.1 Å². The molecule has 0 saturated carbocycles. The van der Waals surface area contributed by atoms with E-state index in [2.05, 4.69) is 4.90 Å². The number of aliphatic carboxylic acids is 1. The van der Waals surface area contributed by atoms with Gasteiger partial charge in [0.1, 0.15) is 0 Å². The van der Waals surface area contributed by atoms with Gasteiger partial charge in [0.25, 0.3) is 0 Å². The molecule has 0 spiro atoms. The number of piperidine rings is 2. The van der Waals surface area contributed by atoms with Gasteiger partial charge < -0.3 is 14.9 Å². The molecule has 0 radical (unpaired) electrons. The number of amides is 1. The zero-order valence-corrected chi connectivity index (χ0v) is 12.7. The van der Waals surface area contributed by atoms with Gasteiger partial charge in [-0.05, 0) is 38.8 Å². The number of likely N-dealkylation sites (tertiary alicyclic amines) is 2. The van der Waals surface area contributed by atoms with Crippen LogP contribution in [0.4, 0.5) is 0 Å². The van der Waals surface area contributed by atoms with Crippen molar-refractivity contribution >= 4 is 23.6 Å². The van der Waals surface area contributed by atoms with Crippen LogP contribution in [0.1, 0.15) is 32.1 Å². The second-order valence-electron chi connectivity index (χ2n) is 5.60. The fourth-order valence-electron chi connectivity index (χ4n) is 3.08. The molecule has 2 heterocycles. The van der Waals surface area contributed by atoms with Gasteiger partial charge in [-0.3, -0.25) is 9.59 Å². The molecule has 5 nitrogen and oxygen atoms in total. The number of hydrogen-bond acceptors (Lipinski definition) is 4. The lowest BCUT2D eigenvalue weighted by atomic mass is 10.00. The zero-order valence-electron chi connectivity index (χ0n) is 11.9. The Morgan fingerprint density at radius 3 is 2.25 bits per heavy atom. The van der Waals surface area contributed by atoms with Crippen LogP contribution in [0.25, 0.3) is 0 Å². The summed E-state index contributed by atoms with van der Waals surface area (Å²) in [6.07, 6.45) is 6.11. The summed E-state index contributed by atoms with van der Waals surface area (Å²) in [5, 5.41) is 8.56.